The number of rotatable bonds is 7. The smallest absolute Gasteiger partial charge is 0.290 e. The second-order valence-electron chi connectivity index (χ2n) is 7.43. The number of unbranched alkanes of at least 4 members (excludes halogenated alkanes) is 1. The molecule has 0 aliphatic carbocycles. The lowest BCUT2D eigenvalue weighted by Gasteiger charge is -2.41. The molecule has 3 rings (SSSR count). The lowest BCUT2D eigenvalue weighted by molar-refractivity contribution is -0.148. The zero-order valence-corrected chi connectivity index (χ0v) is 17.1. The van der Waals surface area contributed by atoms with Crippen molar-refractivity contribution in [1.82, 2.24) is 4.90 Å². The Bertz CT molecular complexity index is 879. The van der Waals surface area contributed by atoms with Gasteiger partial charge < -0.3 is 9.80 Å². The summed E-state index contributed by atoms with van der Waals surface area (Å²) in [5, 5.41) is 0. The molecular formula is C24H28N2O3. The van der Waals surface area contributed by atoms with Gasteiger partial charge in [-0.3, -0.25) is 14.4 Å². The van der Waals surface area contributed by atoms with E-state index in [-0.39, 0.29) is 24.9 Å². The van der Waals surface area contributed by atoms with Gasteiger partial charge in [0, 0.05) is 18.7 Å². The van der Waals surface area contributed by atoms with Crippen LogP contribution in [0, 0.1) is 0 Å². The topological polar surface area (TPSA) is 57.7 Å². The molecule has 0 N–H and O–H groups in total. The maximum atomic E-state index is 12.9. The summed E-state index contributed by atoms with van der Waals surface area (Å²) in [6.07, 6.45) is 2.88. The van der Waals surface area contributed by atoms with Gasteiger partial charge in [0.2, 0.25) is 11.7 Å². The highest BCUT2D eigenvalue weighted by molar-refractivity contribution is 6.36. The molecule has 1 atom stereocenters. The van der Waals surface area contributed by atoms with Crippen LogP contribution < -0.4 is 4.90 Å². The molecular weight excluding hydrogens is 364 g/mol. The molecule has 29 heavy (non-hydrogen) atoms. The summed E-state index contributed by atoms with van der Waals surface area (Å²) in [4.78, 5) is 40.7. The van der Waals surface area contributed by atoms with Crippen LogP contribution >= 0.6 is 0 Å². The number of amides is 2. The van der Waals surface area contributed by atoms with Crippen LogP contribution in [-0.2, 0) is 14.4 Å². The van der Waals surface area contributed by atoms with Gasteiger partial charge in [-0.2, -0.15) is 0 Å². The van der Waals surface area contributed by atoms with E-state index >= 15 is 0 Å². The van der Waals surface area contributed by atoms with E-state index < -0.39 is 11.7 Å². The van der Waals surface area contributed by atoms with Crippen molar-refractivity contribution in [2.24, 2.45) is 0 Å². The maximum absolute atomic E-state index is 12.9. The average Bonchev–Trinajstić information content (AvgIpc) is 2.77. The van der Waals surface area contributed by atoms with Crippen molar-refractivity contribution in [2.75, 3.05) is 18.0 Å². The SMILES string of the molecule is CCCC[C@@H]1CN(c2cccc(-c3ccccc3)c2)C(=O)CN1C(=O)C(=O)CC. The molecule has 1 aliphatic rings. The van der Waals surface area contributed by atoms with Crippen LogP contribution in [0.1, 0.15) is 39.5 Å². The molecule has 2 aromatic rings. The van der Waals surface area contributed by atoms with Crippen LogP contribution in [-0.4, -0.2) is 41.6 Å². The Morgan fingerprint density at radius 3 is 2.41 bits per heavy atom. The number of piperazine rings is 1. The van der Waals surface area contributed by atoms with Crippen LogP contribution in [0.2, 0.25) is 0 Å². The van der Waals surface area contributed by atoms with Gasteiger partial charge in [0.05, 0.1) is 6.04 Å². The van der Waals surface area contributed by atoms with E-state index in [1.165, 1.54) is 4.90 Å². The molecule has 1 saturated heterocycles. The molecule has 0 saturated carbocycles. The molecule has 152 valence electrons. The van der Waals surface area contributed by atoms with Gasteiger partial charge in [-0.05, 0) is 29.7 Å². The van der Waals surface area contributed by atoms with Gasteiger partial charge in [0.15, 0.2) is 0 Å². The molecule has 1 heterocycles. The van der Waals surface area contributed by atoms with Crippen LogP contribution in [0.5, 0.6) is 0 Å². The predicted molar refractivity (Wildman–Crippen MR) is 115 cm³/mol. The summed E-state index contributed by atoms with van der Waals surface area (Å²) in [7, 11) is 0. The number of ketones is 1. The Morgan fingerprint density at radius 1 is 1.00 bits per heavy atom. The predicted octanol–water partition coefficient (Wildman–Crippen LogP) is 4.07. The van der Waals surface area contributed by atoms with Gasteiger partial charge in [-0.1, -0.05) is 69.2 Å². The van der Waals surface area contributed by atoms with Crippen molar-refractivity contribution >= 4 is 23.3 Å². The van der Waals surface area contributed by atoms with Crippen LogP contribution in [0.4, 0.5) is 5.69 Å². The molecule has 2 amide bonds. The fourth-order valence-electron chi connectivity index (χ4n) is 3.74. The minimum Gasteiger partial charge on any atom is -0.322 e. The van der Waals surface area contributed by atoms with E-state index in [0.29, 0.717) is 6.54 Å². The first-order valence-corrected chi connectivity index (χ1v) is 10.3. The number of nitrogens with zero attached hydrogens (tertiary/aromatic N) is 2. The third-order valence-corrected chi connectivity index (χ3v) is 5.42. The maximum Gasteiger partial charge on any atom is 0.290 e. The van der Waals surface area contributed by atoms with E-state index in [0.717, 1.165) is 36.1 Å². The highest BCUT2D eigenvalue weighted by atomic mass is 16.2. The van der Waals surface area contributed by atoms with Crippen molar-refractivity contribution in [3.63, 3.8) is 0 Å². The average molecular weight is 392 g/mol. The van der Waals surface area contributed by atoms with E-state index in [4.69, 9.17) is 0 Å². The Hall–Kier alpha value is -2.95. The Labute approximate surface area is 172 Å². The number of benzene rings is 2. The molecule has 0 radical (unpaired) electrons. The monoisotopic (exact) mass is 392 g/mol. The molecule has 0 bridgehead atoms. The number of Topliss-reactive ketones (excluding diaryl/α,β-unsaturated/α-hetero) is 1. The third kappa shape index (κ3) is 4.73. The summed E-state index contributed by atoms with van der Waals surface area (Å²) < 4.78 is 0. The Morgan fingerprint density at radius 2 is 1.72 bits per heavy atom. The lowest BCUT2D eigenvalue weighted by Crippen LogP contribution is -2.59. The molecule has 5 nitrogen and oxygen atoms in total. The van der Waals surface area contributed by atoms with Gasteiger partial charge in [-0.25, -0.2) is 0 Å². The summed E-state index contributed by atoms with van der Waals surface area (Å²) in [6.45, 7) is 4.14. The lowest BCUT2D eigenvalue weighted by atomic mass is 10.0. The minimum absolute atomic E-state index is 0.0471. The number of hydrogen-bond acceptors (Lipinski definition) is 3. The minimum atomic E-state index is -0.528. The molecule has 5 heteroatoms. The van der Waals surface area contributed by atoms with Crippen LogP contribution in [0.25, 0.3) is 11.1 Å². The van der Waals surface area contributed by atoms with Gasteiger partial charge in [0.25, 0.3) is 5.91 Å². The van der Waals surface area contributed by atoms with Crippen LogP contribution in [0.15, 0.2) is 54.6 Å². The fourth-order valence-corrected chi connectivity index (χ4v) is 3.74. The highest BCUT2D eigenvalue weighted by Gasteiger charge is 2.37. The van der Waals surface area contributed by atoms with Gasteiger partial charge >= 0.3 is 0 Å². The normalized spacial score (nSPS) is 16.8. The molecule has 1 fully saturated rings. The fraction of sp³-hybridized carbons (Fsp3) is 0.375. The highest BCUT2D eigenvalue weighted by Crippen LogP contribution is 2.28. The molecule has 0 spiro atoms. The second-order valence-corrected chi connectivity index (χ2v) is 7.43. The van der Waals surface area contributed by atoms with E-state index in [2.05, 4.69) is 6.92 Å². The van der Waals surface area contributed by atoms with Gasteiger partial charge in [0.1, 0.15) is 6.54 Å². The summed E-state index contributed by atoms with van der Waals surface area (Å²) in [5.74, 6) is -1.11. The summed E-state index contributed by atoms with van der Waals surface area (Å²) in [6, 6.07) is 17.8. The number of carbonyl (C=O) groups excluding carboxylic acids is 3. The molecule has 0 aromatic heterocycles. The van der Waals surface area contributed by atoms with Gasteiger partial charge in [-0.15, -0.1) is 0 Å². The summed E-state index contributed by atoms with van der Waals surface area (Å²) >= 11 is 0. The van der Waals surface area contributed by atoms with Crippen molar-refractivity contribution < 1.29 is 14.4 Å². The van der Waals surface area contributed by atoms with Crippen LogP contribution in [0.3, 0.4) is 0 Å². The standard InChI is InChI=1S/C24H28N2O3/c1-3-5-13-21-16-25(23(28)17-26(21)24(29)22(27)4-2)20-14-9-12-19(15-20)18-10-7-6-8-11-18/h6-12,14-15,21H,3-5,13,16-17H2,1-2H3/t21-/m1/s1. The first kappa shape index (κ1) is 20.8. The molecule has 1 aliphatic heterocycles. The second kappa shape index (κ2) is 9.50. The number of hydrogen-bond donors (Lipinski definition) is 0. The Kier molecular flexibility index (Phi) is 6.81. The van der Waals surface area contributed by atoms with Crippen molar-refractivity contribution in [1.29, 1.82) is 0 Å². The Balaban J connectivity index is 1.86. The zero-order valence-electron chi connectivity index (χ0n) is 17.1. The molecule has 0 unspecified atom stereocenters. The molecule has 2 aromatic carbocycles. The van der Waals surface area contributed by atoms with Crippen molar-refractivity contribution in [3.8, 4) is 11.1 Å². The first-order chi connectivity index (χ1) is 14.0. The van der Waals surface area contributed by atoms with E-state index in [9.17, 15) is 14.4 Å². The first-order valence-electron chi connectivity index (χ1n) is 10.3. The third-order valence-electron chi connectivity index (χ3n) is 5.42. The van der Waals surface area contributed by atoms with E-state index in [1.54, 1.807) is 11.8 Å². The quantitative estimate of drug-likeness (QED) is 0.668. The van der Waals surface area contributed by atoms with Crippen molar-refractivity contribution in [3.05, 3.63) is 54.6 Å². The summed E-state index contributed by atoms with van der Waals surface area (Å²) in [5.41, 5.74) is 2.96. The number of anilines is 1. The zero-order chi connectivity index (χ0) is 20.8. The van der Waals surface area contributed by atoms with E-state index in [1.807, 2.05) is 54.6 Å². The van der Waals surface area contributed by atoms with Crippen molar-refractivity contribution in [2.45, 2.75) is 45.6 Å². The largest absolute Gasteiger partial charge is 0.322 e. The number of carbonyl (C=O) groups is 3.